The van der Waals surface area contributed by atoms with Gasteiger partial charge in [-0.3, -0.25) is 4.21 Å². The van der Waals surface area contributed by atoms with Gasteiger partial charge < -0.3 is 5.73 Å². The van der Waals surface area contributed by atoms with Crippen LogP contribution in [-0.2, 0) is 20.6 Å². The molecule has 0 spiro atoms. The Bertz CT molecular complexity index is 640. The molecule has 1 unspecified atom stereocenters. The molecule has 0 aromatic heterocycles. The lowest BCUT2D eigenvalue weighted by molar-refractivity contribution is 0.576. The molecule has 0 radical (unpaired) electrons. The van der Waals surface area contributed by atoms with E-state index in [1.165, 1.54) is 24.3 Å². The molecule has 0 fully saturated rings. The number of benzene rings is 1. The number of sulfone groups is 1. The highest BCUT2D eigenvalue weighted by Crippen LogP contribution is 2.13. The lowest BCUT2D eigenvalue weighted by Crippen LogP contribution is -2.39. The first-order chi connectivity index (χ1) is 9.14. The van der Waals surface area contributed by atoms with E-state index in [0.29, 0.717) is 0 Å². The molecular formula is C13H18N2O3S2. The molecule has 0 bridgehead atoms. The monoisotopic (exact) mass is 314 g/mol. The molecule has 20 heavy (non-hydrogen) atoms. The average Bonchev–Trinajstić information content (AvgIpc) is 2.35. The fourth-order valence-electron chi connectivity index (χ4n) is 1.57. The predicted molar refractivity (Wildman–Crippen MR) is 79.4 cm³/mol. The van der Waals surface area contributed by atoms with Crippen LogP contribution in [0.5, 0.6) is 0 Å². The average molecular weight is 314 g/mol. The Balaban J connectivity index is 2.76. The zero-order valence-corrected chi connectivity index (χ0v) is 13.1. The molecule has 0 aliphatic heterocycles. The van der Waals surface area contributed by atoms with Gasteiger partial charge in [-0.1, -0.05) is 6.07 Å². The van der Waals surface area contributed by atoms with Gasteiger partial charge in [0.25, 0.3) is 0 Å². The van der Waals surface area contributed by atoms with Gasteiger partial charge in [0, 0.05) is 27.8 Å². The summed E-state index contributed by atoms with van der Waals surface area (Å²) in [6, 6.07) is 7.71. The summed E-state index contributed by atoms with van der Waals surface area (Å²) >= 11 is 0. The number of hydrogen-bond acceptors (Lipinski definition) is 5. The molecule has 2 N–H and O–H groups in total. The number of nitrogens with zero attached hydrogens (tertiary/aromatic N) is 1. The highest BCUT2D eigenvalue weighted by molar-refractivity contribution is 7.93. The van der Waals surface area contributed by atoms with Crippen LogP contribution in [0, 0.1) is 11.3 Å². The van der Waals surface area contributed by atoms with Gasteiger partial charge in [-0.15, -0.1) is 0 Å². The van der Waals surface area contributed by atoms with Gasteiger partial charge in [0.15, 0.2) is 9.84 Å². The van der Waals surface area contributed by atoms with Gasteiger partial charge in [0.2, 0.25) is 0 Å². The number of hydrogen-bond donors (Lipinski definition) is 1. The molecule has 1 aromatic rings. The van der Waals surface area contributed by atoms with E-state index in [1.54, 1.807) is 13.8 Å². The topological polar surface area (TPSA) is 101 Å². The van der Waals surface area contributed by atoms with Crippen LogP contribution in [0.2, 0.25) is 0 Å². The van der Waals surface area contributed by atoms with Crippen LogP contribution in [0.1, 0.15) is 19.4 Å². The van der Waals surface area contributed by atoms with Crippen LogP contribution >= 0.6 is 0 Å². The maximum absolute atomic E-state index is 12.1. The molecule has 0 saturated carbocycles. The van der Waals surface area contributed by atoms with Crippen molar-refractivity contribution in [3.05, 3.63) is 29.8 Å². The summed E-state index contributed by atoms with van der Waals surface area (Å²) in [5.41, 5.74) is 5.45. The molecule has 1 rings (SSSR count). The van der Waals surface area contributed by atoms with Crippen molar-refractivity contribution in [3.63, 3.8) is 0 Å². The van der Waals surface area contributed by atoms with E-state index in [-0.39, 0.29) is 27.7 Å². The quantitative estimate of drug-likeness (QED) is 0.837. The Labute approximate surface area is 122 Å². The van der Waals surface area contributed by atoms with E-state index in [2.05, 4.69) is 0 Å². The molecule has 0 heterocycles. The van der Waals surface area contributed by atoms with E-state index < -0.39 is 26.2 Å². The third-order valence-corrected chi connectivity index (χ3v) is 6.13. The Kier molecular flexibility index (Phi) is 5.45. The Morgan fingerprint density at radius 1 is 1.40 bits per heavy atom. The summed E-state index contributed by atoms with van der Waals surface area (Å²) in [5, 5.41) is 8.77. The highest BCUT2D eigenvalue weighted by atomic mass is 32.2. The molecule has 1 atom stereocenters. The standard InChI is InChI=1S/C13H18N2O3S2/c1-13(2,15)10-19(16)6-7-20(17,18)12-5-3-4-11(8-12)9-14/h3-5,8H,6-7,10,15H2,1-2H3. The van der Waals surface area contributed by atoms with Gasteiger partial charge in [-0.05, 0) is 32.0 Å². The van der Waals surface area contributed by atoms with Crippen molar-refractivity contribution in [1.82, 2.24) is 0 Å². The molecule has 1 aromatic carbocycles. The van der Waals surface area contributed by atoms with Crippen molar-refractivity contribution in [2.24, 2.45) is 5.73 Å². The van der Waals surface area contributed by atoms with Gasteiger partial charge in [0.1, 0.15) is 0 Å². The van der Waals surface area contributed by atoms with Crippen LogP contribution in [0.3, 0.4) is 0 Å². The fourth-order valence-corrected chi connectivity index (χ4v) is 4.99. The molecule has 0 saturated heterocycles. The molecular weight excluding hydrogens is 296 g/mol. The summed E-state index contributed by atoms with van der Waals surface area (Å²) in [6.07, 6.45) is 0. The van der Waals surface area contributed by atoms with E-state index in [9.17, 15) is 12.6 Å². The van der Waals surface area contributed by atoms with Crippen LogP contribution in [0.15, 0.2) is 29.2 Å². The van der Waals surface area contributed by atoms with Crippen LogP contribution in [-0.4, -0.2) is 35.4 Å². The van der Waals surface area contributed by atoms with Gasteiger partial charge in [-0.2, -0.15) is 5.26 Å². The van der Waals surface area contributed by atoms with E-state index in [4.69, 9.17) is 11.0 Å². The van der Waals surface area contributed by atoms with Gasteiger partial charge in [0.05, 0.1) is 22.3 Å². The first kappa shape index (κ1) is 16.8. The number of nitriles is 1. The van der Waals surface area contributed by atoms with E-state index in [0.717, 1.165) is 0 Å². The minimum atomic E-state index is -3.53. The third-order valence-electron chi connectivity index (χ3n) is 2.43. The van der Waals surface area contributed by atoms with Crippen molar-refractivity contribution in [1.29, 1.82) is 5.26 Å². The lowest BCUT2D eigenvalue weighted by atomic mass is 10.1. The Morgan fingerprint density at radius 2 is 2.05 bits per heavy atom. The molecule has 0 aliphatic carbocycles. The first-order valence-electron chi connectivity index (χ1n) is 6.01. The molecule has 5 nitrogen and oxygen atoms in total. The maximum Gasteiger partial charge on any atom is 0.179 e. The van der Waals surface area contributed by atoms with Crippen molar-refractivity contribution < 1.29 is 12.6 Å². The van der Waals surface area contributed by atoms with Crippen molar-refractivity contribution in [2.75, 3.05) is 17.3 Å². The zero-order valence-electron chi connectivity index (χ0n) is 11.5. The van der Waals surface area contributed by atoms with E-state index >= 15 is 0 Å². The fraction of sp³-hybridized carbons (Fsp3) is 0.462. The van der Waals surface area contributed by atoms with Crippen molar-refractivity contribution in [2.45, 2.75) is 24.3 Å². The molecule has 0 aliphatic rings. The third kappa shape index (κ3) is 5.41. The summed E-state index contributed by atoms with van der Waals surface area (Å²) in [4.78, 5) is 0.0839. The highest BCUT2D eigenvalue weighted by Gasteiger charge is 2.19. The summed E-state index contributed by atoms with van der Waals surface area (Å²) in [7, 11) is -4.81. The van der Waals surface area contributed by atoms with Gasteiger partial charge in [-0.25, -0.2) is 8.42 Å². The maximum atomic E-state index is 12.1. The van der Waals surface area contributed by atoms with Crippen LogP contribution in [0.25, 0.3) is 0 Å². The first-order valence-corrected chi connectivity index (χ1v) is 9.15. The van der Waals surface area contributed by atoms with E-state index in [1.807, 2.05) is 6.07 Å². The molecule has 0 amide bonds. The minimum Gasteiger partial charge on any atom is -0.325 e. The minimum absolute atomic E-state index is 0.0414. The van der Waals surface area contributed by atoms with Crippen LogP contribution in [0.4, 0.5) is 0 Å². The predicted octanol–water partition coefficient (Wildman–Crippen LogP) is 0.818. The van der Waals surface area contributed by atoms with Crippen LogP contribution < -0.4 is 5.73 Å². The largest absolute Gasteiger partial charge is 0.325 e. The van der Waals surface area contributed by atoms with Crippen molar-refractivity contribution >= 4 is 20.6 Å². The number of nitrogens with two attached hydrogens (primary N) is 1. The second kappa shape index (κ2) is 6.48. The van der Waals surface area contributed by atoms with Gasteiger partial charge >= 0.3 is 0 Å². The Hall–Kier alpha value is -1.23. The SMILES string of the molecule is CC(C)(N)CS(=O)CCS(=O)(=O)c1cccc(C#N)c1. The second-order valence-electron chi connectivity index (χ2n) is 5.24. The summed E-state index contributed by atoms with van der Waals surface area (Å²) in [5.74, 6) is 0.0745. The zero-order chi connectivity index (χ0) is 15.4. The normalized spacial score (nSPS) is 13.7. The number of rotatable bonds is 6. The smallest absolute Gasteiger partial charge is 0.179 e. The lowest BCUT2D eigenvalue weighted by Gasteiger charge is -2.17. The summed E-state index contributed by atoms with van der Waals surface area (Å²) < 4.78 is 36.0. The molecule has 110 valence electrons. The molecule has 7 heteroatoms. The summed E-state index contributed by atoms with van der Waals surface area (Å²) in [6.45, 7) is 3.49. The second-order valence-corrected chi connectivity index (χ2v) is 8.92. The van der Waals surface area contributed by atoms with Crippen molar-refractivity contribution in [3.8, 4) is 6.07 Å². The Morgan fingerprint density at radius 3 is 2.60 bits per heavy atom.